The van der Waals surface area contributed by atoms with E-state index < -0.39 is 10.0 Å². The van der Waals surface area contributed by atoms with Gasteiger partial charge in [0.15, 0.2) is 0 Å². The van der Waals surface area contributed by atoms with Gasteiger partial charge in [-0.2, -0.15) is 4.31 Å². The Bertz CT molecular complexity index is 569. The third-order valence-corrected chi connectivity index (χ3v) is 6.29. The monoisotopic (exact) mass is 296 g/mol. The molecule has 0 bridgehead atoms. The average Bonchev–Trinajstić information content (AvgIpc) is 2.41. The smallest absolute Gasteiger partial charge is 0.243 e. The van der Waals surface area contributed by atoms with E-state index in [1.54, 1.807) is 22.5 Å². The molecule has 0 spiro atoms. The van der Waals surface area contributed by atoms with E-state index in [1.807, 2.05) is 19.9 Å². The largest absolute Gasteiger partial charge is 0.324 e. The summed E-state index contributed by atoms with van der Waals surface area (Å²) in [5, 5.41) is 0. The number of benzene rings is 1. The van der Waals surface area contributed by atoms with Crippen LogP contribution in [0.2, 0.25) is 0 Å². The minimum absolute atomic E-state index is 0.0488. The maximum Gasteiger partial charge on any atom is 0.243 e. The van der Waals surface area contributed by atoms with Crippen molar-refractivity contribution in [1.29, 1.82) is 0 Å². The van der Waals surface area contributed by atoms with Crippen molar-refractivity contribution in [1.82, 2.24) is 4.31 Å². The van der Waals surface area contributed by atoms with Gasteiger partial charge in [-0.05, 0) is 50.3 Å². The minimum atomic E-state index is -3.42. The topological polar surface area (TPSA) is 63.4 Å². The maximum atomic E-state index is 12.8. The van der Waals surface area contributed by atoms with E-state index in [4.69, 9.17) is 5.73 Å². The molecule has 3 atom stereocenters. The molecule has 0 aromatic heterocycles. The molecule has 0 aliphatic carbocycles. The number of sulfonamides is 1. The Morgan fingerprint density at radius 1 is 1.35 bits per heavy atom. The van der Waals surface area contributed by atoms with Crippen molar-refractivity contribution in [2.24, 2.45) is 11.7 Å². The van der Waals surface area contributed by atoms with Crippen LogP contribution in [0.1, 0.15) is 45.2 Å². The van der Waals surface area contributed by atoms with Crippen LogP contribution in [-0.4, -0.2) is 25.3 Å². The summed E-state index contributed by atoms with van der Waals surface area (Å²) >= 11 is 0. The van der Waals surface area contributed by atoms with Gasteiger partial charge in [-0.15, -0.1) is 0 Å². The third-order valence-electron chi connectivity index (χ3n) is 4.31. The van der Waals surface area contributed by atoms with Crippen LogP contribution >= 0.6 is 0 Å². The van der Waals surface area contributed by atoms with Crippen molar-refractivity contribution in [3.8, 4) is 0 Å². The number of piperidine rings is 1. The molecular formula is C15H24N2O2S. The zero-order chi connectivity index (χ0) is 14.9. The van der Waals surface area contributed by atoms with Crippen LogP contribution in [0.25, 0.3) is 0 Å². The third kappa shape index (κ3) is 2.90. The molecule has 112 valence electrons. The number of nitrogens with zero attached hydrogens (tertiary/aromatic N) is 1. The van der Waals surface area contributed by atoms with Gasteiger partial charge in [0.25, 0.3) is 0 Å². The van der Waals surface area contributed by atoms with Crippen LogP contribution < -0.4 is 5.73 Å². The van der Waals surface area contributed by atoms with Crippen molar-refractivity contribution >= 4 is 10.0 Å². The molecule has 1 fully saturated rings. The average molecular weight is 296 g/mol. The summed E-state index contributed by atoms with van der Waals surface area (Å²) in [6, 6.07) is 6.88. The van der Waals surface area contributed by atoms with Gasteiger partial charge in [-0.3, -0.25) is 0 Å². The Balaban J connectivity index is 2.37. The number of hydrogen-bond donors (Lipinski definition) is 1. The van der Waals surface area contributed by atoms with Gasteiger partial charge in [0.1, 0.15) is 0 Å². The SMILES string of the molecule is CC(N)c1cccc(S(=O)(=O)N2CCCC(C)C2C)c1. The molecule has 1 saturated heterocycles. The van der Waals surface area contributed by atoms with Crippen LogP contribution in [0.4, 0.5) is 0 Å². The standard InChI is InChI=1S/C15H24N2O2S/c1-11-6-5-9-17(13(11)3)20(18,19)15-8-4-7-14(10-15)12(2)16/h4,7-8,10-13H,5-6,9,16H2,1-3H3. The highest BCUT2D eigenvalue weighted by atomic mass is 32.2. The van der Waals surface area contributed by atoms with Crippen LogP contribution in [0.3, 0.4) is 0 Å². The van der Waals surface area contributed by atoms with Crippen molar-refractivity contribution in [3.05, 3.63) is 29.8 Å². The first kappa shape index (κ1) is 15.5. The fraction of sp³-hybridized carbons (Fsp3) is 0.600. The van der Waals surface area contributed by atoms with Gasteiger partial charge >= 0.3 is 0 Å². The summed E-state index contributed by atoms with van der Waals surface area (Å²) in [6.07, 6.45) is 2.02. The quantitative estimate of drug-likeness (QED) is 0.932. The van der Waals surface area contributed by atoms with E-state index in [-0.39, 0.29) is 12.1 Å². The van der Waals surface area contributed by atoms with Crippen molar-refractivity contribution in [3.63, 3.8) is 0 Å². The van der Waals surface area contributed by atoms with Crippen molar-refractivity contribution in [2.75, 3.05) is 6.54 Å². The van der Waals surface area contributed by atoms with E-state index in [2.05, 4.69) is 6.92 Å². The molecule has 2 N–H and O–H groups in total. The predicted molar refractivity (Wildman–Crippen MR) is 80.8 cm³/mol. The lowest BCUT2D eigenvalue weighted by molar-refractivity contribution is 0.202. The molecule has 4 nitrogen and oxygen atoms in total. The van der Waals surface area contributed by atoms with E-state index >= 15 is 0 Å². The van der Waals surface area contributed by atoms with E-state index in [1.165, 1.54) is 0 Å². The Kier molecular flexibility index (Phi) is 4.52. The Hall–Kier alpha value is -0.910. The number of hydrogen-bond acceptors (Lipinski definition) is 3. The molecule has 1 heterocycles. The summed E-state index contributed by atoms with van der Waals surface area (Å²) in [5.74, 6) is 0.398. The van der Waals surface area contributed by atoms with Crippen molar-refractivity contribution in [2.45, 2.75) is 50.6 Å². The summed E-state index contributed by atoms with van der Waals surface area (Å²) in [4.78, 5) is 0.355. The Morgan fingerprint density at radius 3 is 2.70 bits per heavy atom. The minimum Gasteiger partial charge on any atom is -0.324 e. The van der Waals surface area contributed by atoms with Crippen LogP contribution in [0, 0.1) is 5.92 Å². The summed E-state index contributed by atoms with van der Waals surface area (Å²) in [5.41, 5.74) is 6.70. The highest BCUT2D eigenvalue weighted by Crippen LogP contribution is 2.29. The summed E-state index contributed by atoms with van der Waals surface area (Å²) in [7, 11) is -3.42. The molecule has 1 aromatic rings. The molecule has 2 rings (SSSR count). The molecule has 1 aromatic carbocycles. The first-order valence-corrected chi connectivity index (χ1v) is 8.65. The maximum absolute atomic E-state index is 12.8. The van der Waals surface area contributed by atoms with Gasteiger partial charge in [-0.25, -0.2) is 8.42 Å². The fourth-order valence-corrected chi connectivity index (χ4v) is 4.55. The number of rotatable bonds is 3. The van der Waals surface area contributed by atoms with Crippen molar-refractivity contribution < 1.29 is 8.42 Å². The molecule has 5 heteroatoms. The van der Waals surface area contributed by atoms with E-state index in [0.29, 0.717) is 17.4 Å². The Labute approximate surface area is 122 Å². The van der Waals surface area contributed by atoms with Gasteiger partial charge in [0.05, 0.1) is 4.90 Å². The normalized spacial score (nSPS) is 26.4. The predicted octanol–water partition coefficient (Wildman–Crippen LogP) is 2.52. The van der Waals surface area contributed by atoms with Gasteiger partial charge in [0, 0.05) is 18.6 Å². The molecule has 0 saturated carbocycles. The first-order chi connectivity index (χ1) is 9.34. The highest BCUT2D eigenvalue weighted by Gasteiger charge is 2.34. The van der Waals surface area contributed by atoms with Gasteiger partial charge in [-0.1, -0.05) is 19.1 Å². The number of nitrogens with two attached hydrogens (primary N) is 1. The lowest BCUT2D eigenvalue weighted by Gasteiger charge is -2.36. The second-order valence-electron chi connectivity index (χ2n) is 5.84. The molecule has 1 aliphatic heterocycles. The lowest BCUT2D eigenvalue weighted by Crippen LogP contribution is -2.45. The second-order valence-corrected chi connectivity index (χ2v) is 7.73. The molecule has 20 heavy (non-hydrogen) atoms. The van der Waals surface area contributed by atoms with Gasteiger partial charge in [0.2, 0.25) is 10.0 Å². The molecule has 3 unspecified atom stereocenters. The fourth-order valence-electron chi connectivity index (χ4n) is 2.73. The van der Waals surface area contributed by atoms with E-state index in [0.717, 1.165) is 18.4 Å². The highest BCUT2D eigenvalue weighted by molar-refractivity contribution is 7.89. The second kappa shape index (κ2) is 5.84. The molecular weight excluding hydrogens is 272 g/mol. The lowest BCUT2D eigenvalue weighted by atomic mass is 9.94. The van der Waals surface area contributed by atoms with Crippen LogP contribution in [0.15, 0.2) is 29.2 Å². The molecule has 0 radical (unpaired) electrons. The molecule has 0 amide bonds. The Morgan fingerprint density at radius 2 is 2.05 bits per heavy atom. The van der Waals surface area contributed by atoms with Gasteiger partial charge < -0.3 is 5.73 Å². The molecule has 1 aliphatic rings. The summed E-state index contributed by atoms with van der Waals surface area (Å²) in [6.45, 7) is 6.58. The van der Waals surface area contributed by atoms with E-state index in [9.17, 15) is 8.42 Å². The van der Waals surface area contributed by atoms with Crippen LogP contribution in [0.5, 0.6) is 0 Å². The summed E-state index contributed by atoms with van der Waals surface area (Å²) < 4.78 is 27.2. The zero-order valence-corrected chi connectivity index (χ0v) is 13.2. The zero-order valence-electron chi connectivity index (χ0n) is 12.4. The van der Waals surface area contributed by atoms with Crippen LogP contribution in [-0.2, 0) is 10.0 Å². The first-order valence-electron chi connectivity index (χ1n) is 7.21.